The molecule has 1 rings (SSSR count). The number of imide groups is 1. The lowest BCUT2D eigenvalue weighted by molar-refractivity contribution is -0.163. The van der Waals surface area contributed by atoms with Crippen LogP contribution in [0.3, 0.4) is 0 Å². The van der Waals surface area contributed by atoms with Crippen molar-refractivity contribution in [2.45, 2.75) is 97.4 Å². The molecule has 0 aliphatic heterocycles. The Hall–Kier alpha value is -3.71. The van der Waals surface area contributed by atoms with Crippen LogP contribution in [-0.2, 0) is 35.1 Å². The number of carbonyl (C=O) groups is 5. The lowest BCUT2D eigenvalue weighted by Crippen LogP contribution is -2.59. The summed E-state index contributed by atoms with van der Waals surface area (Å²) in [6.07, 6.45) is 1.82. The number of nitrogens with two attached hydrogens (primary N) is 1. The number of rotatable bonds is 16. The molecule has 6 N–H and O–H groups in total. The number of benzene rings is 1. The molecule has 0 aliphatic rings. The molecule has 0 fully saturated rings. The highest BCUT2D eigenvalue weighted by atomic mass is 16.6. The van der Waals surface area contributed by atoms with Crippen LogP contribution >= 0.6 is 0 Å². The molecule has 3 unspecified atom stereocenters. The molecule has 0 radical (unpaired) electrons. The Kier molecular flexibility index (Phi) is 15.8. The number of hydrogen-bond donors (Lipinski definition) is 5. The molecule has 4 amide bonds. The first kappa shape index (κ1) is 38.3. The number of aliphatic hydroxyl groups is 1. The van der Waals surface area contributed by atoms with E-state index in [9.17, 15) is 34.2 Å². The monoisotopic (exact) mass is 622 g/mol. The molecule has 0 saturated carbocycles. The van der Waals surface area contributed by atoms with E-state index in [2.05, 4.69) is 10.6 Å². The maximum atomic E-state index is 13.7. The van der Waals surface area contributed by atoms with Gasteiger partial charge in [-0.2, -0.15) is 0 Å². The first-order valence-corrected chi connectivity index (χ1v) is 14.9. The van der Waals surface area contributed by atoms with Gasteiger partial charge in [0, 0.05) is 25.5 Å². The van der Waals surface area contributed by atoms with Gasteiger partial charge in [0.05, 0.1) is 13.2 Å². The maximum absolute atomic E-state index is 13.7. The van der Waals surface area contributed by atoms with Gasteiger partial charge in [-0.1, -0.05) is 32.4 Å². The van der Waals surface area contributed by atoms with Gasteiger partial charge in [-0.05, 0) is 70.6 Å². The summed E-state index contributed by atoms with van der Waals surface area (Å²) in [6.45, 7) is 8.96. The van der Waals surface area contributed by atoms with Crippen LogP contribution in [0.15, 0.2) is 24.3 Å². The number of ether oxygens (including phenoxy) is 2. The minimum absolute atomic E-state index is 0.0252. The molecule has 0 heterocycles. The summed E-state index contributed by atoms with van der Waals surface area (Å²) in [7, 11) is 1.16. The summed E-state index contributed by atoms with van der Waals surface area (Å²) in [4.78, 5) is 65.2. The highest BCUT2D eigenvalue weighted by molar-refractivity contribution is 6.01. The van der Waals surface area contributed by atoms with E-state index in [1.165, 1.54) is 6.92 Å². The Balaban J connectivity index is 2.93. The van der Waals surface area contributed by atoms with Crippen LogP contribution in [0.2, 0.25) is 0 Å². The molecule has 44 heavy (non-hydrogen) atoms. The largest absolute Gasteiger partial charge is 0.508 e. The Labute approximate surface area is 259 Å². The van der Waals surface area contributed by atoms with E-state index >= 15 is 0 Å². The summed E-state index contributed by atoms with van der Waals surface area (Å²) in [6, 6.07) is 3.18. The second-order valence-electron chi connectivity index (χ2n) is 12.1. The van der Waals surface area contributed by atoms with E-state index in [1.54, 1.807) is 46.8 Å². The van der Waals surface area contributed by atoms with E-state index in [4.69, 9.17) is 15.2 Å². The van der Waals surface area contributed by atoms with Crippen molar-refractivity contribution in [3.63, 3.8) is 0 Å². The van der Waals surface area contributed by atoms with Gasteiger partial charge in [0.2, 0.25) is 17.7 Å². The fourth-order valence-electron chi connectivity index (χ4n) is 4.38. The molecule has 1 aromatic carbocycles. The SMILES string of the molecule is COC(=O)C(C(C)C)N(C(=O)CCCCCc1ccc(O)cc1)C(=O)C(N)C(CO)CNC(=O)[C@H](C)NC(=O)OC(C)(C)C. The van der Waals surface area contributed by atoms with E-state index in [1.807, 2.05) is 12.1 Å². The lowest BCUT2D eigenvalue weighted by atomic mass is 9.95. The third-order valence-corrected chi connectivity index (χ3v) is 6.84. The van der Waals surface area contributed by atoms with Crippen molar-refractivity contribution in [3.8, 4) is 5.75 Å². The predicted octanol–water partition coefficient (Wildman–Crippen LogP) is 2.01. The Morgan fingerprint density at radius 1 is 1.00 bits per heavy atom. The third kappa shape index (κ3) is 12.9. The second-order valence-corrected chi connectivity index (χ2v) is 12.1. The van der Waals surface area contributed by atoms with Crippen molar-refractivity contribution < 1.29 is 43.7 Å². The number of methoxy groups -OCH3 is 1. The van der Waals surface area contributed by atoms with Crippen molar-refractivity contribution in [1.82, 2.24) is 15.5 Å². The van der Waals surface area contributed by atoms with Crippen LogP contribution in [0.4, 0.5) is 4.79 Å². The number of aliphatic hydroxyl groups excluding tert-OH is 1. The quantitative estimate of drug-likeness (QED) is 0.134. The molecular formula is C31H50N4O9. The molecule has 248 valence electrons. The first-order valence-electron chi connectivity index (χ1n) is 14.9. The smallest absolute Gasteiger partial charge is 0.408 e. The summed E-state index contributed by atoms with van der Waals surface area (Å²) in [5.41, 5.74) is 6.52. The van der Waals surface area contributed by atoms with E-state index in [-0.39, 0.29) is 18.7 Å². The summed E-state index contributed by atoms with van der Waals surface area (Å²) < 4.78 is 10.0. The molecule has 0 aromatic heterocycles. The lowest BCUT2D eigenvalue weighted by Gasteiger charge is -2.34. The normalized spacial score (nSPS) is 14.1. The van der Waals surface area contributed by atoms with Crippen molar-refractivity contribution in [3.05, 3.63) is 29.8 Å². The van der Waals surface area contributed by atoms with Gasteiger partial charge >= 0.3 is 12.1 Å². The number of aromatic hydroxyl groups is 1. The molecule has 13 heteroatoms. The summed E-state index contributed by atoms with van der Waals surface area (Å²) in [5.74, 6) is -4.19. The van der Waals surface area contributed by atoms with Crippen LogP contribution < -0.4 is 16.4 Å². The van der Waals surface area contributed by atoms with Crippen molar-refractivity contribution in [2.75, 3.05) is 20.3 Å². The van der Waals surface area contributed by atoms with E-state index in [0.717, 1.165) is 30.4 Å². The molecule has 0 bridgehead atoms. The zero-order valence-corrected chi connectivity index (χ0v) is 26.9. The van der Waals surface area contributed by atoms with Crippen molar-refractivity contribution >= 4 is 29.8 Å². The molecule has 0 spiro atoms. The van der Waals surface area contributed by atoms with Crippen LogP contribution in [0.1, 0.15) is 72.8 Å². The van der Waals surface area contributed by atoms with Gasteiger partial charge in [-0.25, -0.2) is 9.59 Å². The van der Waals surface area contributed by atoms with Gasteiger partial charge in [0.25, 0.3) is 0 Å². The van der Waals surface area contributed by atoms with Crippen LogP contribution in [-0.4, -0.2) is 88.9 Å². The highest BCUT2D eigenvalue weighted by Crippen LogP contribution is 2.20. The van der Waals surface area contributed by atoms with Gasteiger partial charge in [-0.3, -0.25) is 19.3 Å². The number of nitrogens with one attached hydrogen (secondary N) is 2. The van der Waals surface area contributed by atoms with Crippen LogP contribution in [0, 0.1) is 11.8 Å². The zero-order chi connectivity index (χ0) is 33.6. The third-order valence-electron chi connectivity index (χ3n) is 6.84. The summed E-state index contributed by atoms with van der Waals surface area (Å²) in [5, 5.41) is 24.4. The molecule has 0 aliphatic carbocycles. The Morgan fingerprint density at radius 2 is 1.61 bits per heavy atom. The standard InChI is InChI=1S/C31H50N4O9/c1-19(2)26(29(41)43-7)35(24(38)12-10-8-9-11-21-13-15-23(37)16-14-21)28(40)25(32)22(18-36)17-33-27(39)20(3)34-30(42)44-31(4,5)6/h13-16,19-20,22,25-26,36-37H,8-12,17-18,32H2,1-7H3,(H,33,39)(H,34,42)/t20-,22?,25?,26?/m0/s1. The minimum Gasteiger partial charge on any atom is -0.508 e. The minimum atomic E-state index is -1.45. The number of alkyl carbamates (subject to hydrolysis) is 1. The average molecular weight is 623 g/mol. The zero-order valence-electron chi connectivity index (χ0n) is 26.9. The average Bonchev–Trinajstić information content (AvgIpc) is 2.94. The van der Waals surface area contributed by atoms with Gasteiger partial charge in [0.1, 0.15) is 23.4 Å². The topological polar surface area (TPSA) is 198 Å². The van der Waals surface area contributed by atoms with E-state index in [0.29, 0.717) is 12.8 Å². The van der Waals surface area contributed by atoms with Gasteiger partial charge < -0.3 is 36.1 Å². The van der Waals surface area contributed by atoms with Crippen LogP contribution in [0.5, 0.6) is 5.75 Å². The van der Waals surface area contributed by atoms with Gasteiger partial charge in [-0.15, -0.1) is 0 Å². The number of nitrogens with zero attached hydrogens (tertiary/aromatic N) is 1. The second kappa shape index (κ2) is 18.2. The van der Waals surface area contributed by atoms with Crippen LogP contribution in [0.25, 0.3) is 0 Å². The molecule has 0 saturated heterocycles. The Bertz CT molecular complexity index is 1100. The molecular weight excluding hydrogens is 572 g/mol. The number of phenolic OH excluding ortho intramolecular Hbond substituents is 1. The maximum Gasteiger partial charge on any atom is 0.408 e. The molecule has 1 aromatic rings. The number of phenols is 1. The molecule has 4 atom stereocenters. The summed E-state index contributed by atoms with van der Waals surface area (Å²) >= 11 is 0. The number of amides is 4. The highest BCUT2D eigenvalue weighted by Gasteiger charge is 2.41. The fourth-order valence-corrected chi connectivity index (χ4v) is 4.38. The molecule has 13 nitrogen and oxygen atoms in total. The fraction of sp³-hybridized carbons (Fsp3) is 0.645. The number of esters is 1. The van der Waals surface area contributed by atoms with Gasteiger partial charge in [0.15, 0.2) is 0 Å². The predicted molar refractivity (Wildman–Crippen MR) is 163 cm³/mol. The number of unbranched alkanes of at least 4 members (excludes halogenated alkanes) is 2. The number of hydrogen-bond acceptors (Lipinski definition) is 10. The number of aryl methyl sites for hydroxylation is 1. The number of carbonyl (C=O) groups excluding carboxylic acids is 5. The van der Waals surface area contributed by atoms with Crippen molar-refractivity contribution in [1.29, 1.82) is 0 Å². The van der Waals surface area contributed by atoms with E-state index < -0.39 is 72.0 Å². The van der Waals surface area contributed by atoms with Crippen molar-refractivity contribution in [2.24, 2.45) is 17.6 Å². The Morgan fingerprint density at radius 3 is 2.14 bits per heavy atom. The first-order chi connectivity index (χ1) is 20.5.